The van der Waals surface area contributed by atoms with Crippen molar-refractivity contribution in [2.24, 2.45) is 0 Å². The SMILES string of the molecule is CCOc1c(N)cccc1C(=O)N(CCC#N)CCC#N. The Bertz CT molecular complexity index is 554. The first-order chi connectivity index (χ1) is 10.2. The number of nitrogen functional groups attached to an aromatic ring is 1. The van der Waals surface area contributed by atoms with Crippen molar-refractivity contribution in [1.29, 1.82) is 10.5 Å². The maximum absolute atomic E-state index is 12.6. The van der Waals surface area contributed by atoms with Crippen molar-refractivity contribution >= 4 is 11.6 Å². The molecule has 110 valence electrons. The highest BCUT2D eigenvalue weighted by Crippen LogP contribution is 2.27. The molecule has 0 aliphatic carbocycles. The summed E-state index contributed by atoms with van der Waals surface area (Å²) in [6.45, 7) is 2.75. The minimum Gasteiger partial charge on any atom is -0.491 e. The molecule has 0 unspecified atom stereocenters. The lowest BCUT2D eigenvalue weighted by Crippen LogP contribution is -2.33. The summed E-state index contributed by atoms with van der Waals surface area (Å²) in [5.41, 5.74) is 6.59. The average Bonchev–Trinajstić information content (AvgIpc) is 2.49. The van der Waals surface area contributed by atoms with Crippen LogP contribution in [0.25, 0.3) is 0 Å². The van der Waals surface area contributed by atoms with Gasteiger partial charge in [-0.05, 0) is 19.1 Å². The molecule has 0 spiro atoms. The largest absolute Gasteiger partial charge is 0.491 e. The molecular formula is C15H18N4O2. The van der Waals surface area contributed by atoms with E-state index in [-0.39, 0.29) is 31.8 Å². The summed E-state index contributed by atoms with van der Waals surface area (Å²) in [5.74, 6) is 0.0696. The molecule has 0 aromatic heterocycles. The van der Waals surface area contributed by atoms with Crippen LogP contribution in [0.4, 0.5) is 5.69 Å². The monoisotopic (exact) mass is 286 g/mol. The Morgan fingerprint density at radius 2 is 1.90 bits per heavy atom. The molecular weight excluding hydrogens is 268 g/mol. The summed E-state index contributed by atoms with van der Waals surface area (Å²) >= 11 is 0. The molecule has 0 saturated carbocycles. The topological polar surface area (TPSA) is 103 Å². The summed E-state index contributed by atoms with van der Waals surface area (Å²) in [5, 5.41) is 17.4. The van der Waals surface area contributed by atoms with E-state index in [0.29, 0.717) is 23.6 Å². The number of rotatable bonds is 7. The summed E-state index contributed by atoms with van der Waals surface area (Å²) in [4.78, 5) is 14.1. The molecule has 1 aromatic rings. The number of anilines is 1. The first-order valence-electron chi connectivity index (χ1n) is 6.70. The molecule has 0 fully saturated rings. The number of nitrogens with two attached hydrogens (primary N) is 1. The molecule has 0 saturated heterocycles. The molecule has 6 heteroatoms. The van der Waals surface area contributed by atoms with E-state index in [4.69, 9.17) is 21.0 Å². The first kappa shape index (κ1) is 16.3. The van der Waals surface area contributed by atoms with Gasteiger partial charge in [0.05, 0.1) is 42.8 Å². The van der Waals surface area contributed by atoms with E-state index in [2.05, 4.69) is 0 Å². The molecule has 6 nitrogen and oxygen atoms in total. The highest BCUT2D eigenvalue weighted by atomic mass is 16.5. The molecule has 21 heavy (non-hydrogen) atoms. The predicted molar refractivity (Wildman–Crippen MR) is 78.4 cm³/mol. The fourth-order valence-corrected chi connectivity index (χ4v) is 1.88. The normalized spacial score (nSPS) is 9.48. The molecule has 0 aliphatic heterocycles. The van der Waals surface area contributed by atoms with Crippen LogP contribution in [-0.2, 0) is 0 Å². The van der Waals surface area contributed by atoms with Gasteiger partial charge in [0.15, 0.2) is 5.75 Å². The van der Waals surface area contributed by atoms with Crippen molar-refractivity contribution in [3.05, 3.63) is 23.8 Å². The third kappa shape index (κ3) is 4.39. The third-order valence-electron chi connectivity index (χ3n) is 2.84. The Hall–Kier alpha value is -2.73. The van der Waals surface area contributed by atoms with Crippen LogP contribution in [0.5, 0.6) is 5.75 Å². The van der Waals surface area contributed by atoms with Crippen molar-refractivity contribution < 1.29 is 9.53 Å². The minimum atomic E-state index is -0.281. The second-order valence-electron chi connectivity index (χ2n) is 4.27. The predicted octanol–water partition coefficient (Wildman–Crippen LogP) is 1.94. The zero-order valence-electron chi connectivity index (χ0n) is 12.0. The Labute approximate surface area is 124 Å². The summed E-state index contributed by atoms with van der Waals surface area (Å²) in [7, 11) is 0. The van der Waals surface area contributed by atoms with E-state index < -0.39 is 0 Å². The second-order valence-corrected chi connectivity index (χ2v) is 4.27. The van der Waals surface area contributed by atoms with Crippen LogP contribution in [0.2, 0.25) is 0 Å². The van der Waals surface area contributed by atoms with E-state index in [1.54, 1.807) is 18.2 Å². The fourth-order valence-electron chi connectivity index (χ4n) is 1.88. The molecule has 1 amide bonds. The number of carbonyl (C=O) groups is 1. The van der Waals surface area contributed by atoms with Gasteiger partial charge in [-0.25, -0.2) is 0 Å². The van der Waals surface area contributed by atoms with E-state index >= 15 is 0 Å². The molecule has 0 aliphatic rings. The number of benzene rings is 1. The van der Waals surface area contributed by atoms with Crippen molar-refractivity contribution in [2.75, 3.05) is 25.4 Å². The standard InChI is InChI=1S/C15H18N4O2/c1-2-21-14-12(6-3-7-13(14)18)15(20)19(10-4-8-16)11-5-9-17/h3,6-7H,2,4-5,10-11,18H2,1H3. The number of hydrogen-bond donors (Lipinski definition) is 1. The van der Waals surface area contributed by atoms with Crippen molar-refractivity contribution in [3.63, 3.8) is 0 Å². The Balaban J connectivity index is 3.05. The Morgan fingerprint density at radius 1 is 1.29 bits per heavy atom. The number of ether oxygens (including phenoxy) is 1. The Morgan fingerprint density at radius 3 is 2.43 bits per heavy atom. The van der Waals surface area contributed by atoms with Gasteiger partial charge in [-0.15, -0.1) is 0 Å². The number of amides is 1. The average molecular weight is 286 g/mol. The Kier molecular flexibility index (Phi) is 6.56. The second kappa shape index (κ2) is 8.44. The molecule has 0 radical (unpaired) electrons. The zero-order chi connectivity index (χ0) is 15.7. The molecule has 0 heterocycles. The van der Waals surface area contributed by atoms with Crippen LogP contribution in [0.1, 0.15) is 30.1 Å². The number of hydrogen-bond acceptors (Lipinski definition) is 5. The number of nitriles is 2. The highest BCUT2D eigenvalue weighted by Gasteiger charge is 2.20. The minimum absolute atomic E-state index is 0.212. The van der Waals surface area contributed by atoms with Crippen LogP contribution in [-0.4, -0.2) is 30.5 Å². The van der Waals surface area contributed by atoms with Crippen LogP contribution in [0, 0.1) is 22.7 Å². The zero-order valence-corrected chi connectivity index (χ0v) is 12.0. The van der Waals surface area contributed by atoms with Crippen molar-refractivity contribution in [1.82, 2.24) is 4.90 Å². The van der Waals surface area contributed by atoms with Gasteiger partial charge in [-0.1, -0.05) is 6.07 Å². The summed E-state index contributed by atoms with van der Waals surface area (Å²) in [6, 6.07) is 8.97. The van der Waals surface area contributed by atoms with Crippen LogP contribution in [0.3, 0.4) is 0 Å². The van der Waals surface area contributed by atoms with E-state index in [0.717, 1.165) is 0 Å². The third-order valence-corrected chi connectivity index (χ3v) is 2.84. The smallest absolute Gasteiger partial charge is 0.257 e. The molecule has 1 rings (SSSR count). The quantitative estimate of drug-likeness (QED) is 0.771. The number of nitrogens with zero attached hydrogens (tertiary/aromatic N) is 3. The van der Waals surface area contributed by atoms with Gasteiger partial charge in [0.1, 0.15) is 0 Å². The molecule has 1 aromatic carbocycles. The molecule has 0 bridgehead atoms. The highest BCUT2D eigenvalue weighted by molar-refractivity contribution is 5.98. The first-order valence-corrected chi connectivity index (χ1v) is 6.70. The van der Waals surface area contributed by atoms with Crippen molar-refractivity contribution in [3.8, 4) is 17.9 Å². The maximum Gasteiger partial charge on any atom is 0.257 e. The van der Waals surface area contributed by atoms with E-state index in [1.165, 1.54) is 4.90 Å². The summed E-state index contributed by atoms with van der Waals surface area (Å²) < 4.78 is 5.45. The van der Waals surface area contributed by atoms with Crippen LogP contribution < -0.4 is 10.5 Å². The van der Waals surface area contributed by atoms with E-state index in [1.807, 2.05) is 19.1 Å². The van der Waals surface area contributed by atoms with Gasteiger partial charge in [0, 0.05) is 13.1 Å². The van der Waals surface area contributed by atoms with Gasteiger partial charge in [-0.2, -0.15) is 10.5 Å². The van der Waals surface area contributed by atoms with Crippen LogP contribution in [0.15, 0.2) is 18.2 Å². The summed E-state index contributed by atoms with van der Waals surface area (Å²) in [6.07, 6.45) is 0.424. The van der Waals surface area contributed by atoms with Crippen molar-refractivity contribution in [2.45, 2.75) is 19.8 Å². The van der Waals surface area contributed by atoms with Gasteiger partial charge in [-0.3, -0.25) is 4.79 Å². The molecule has 0 atom stereocenters. The molecule has 2 N–H and O–H groups in total. The van der Waals surface area contributed by atoms with Gasteiger partial charge in [0.2, 0.25) is 0 Å². The lowest BCUT2D eigenvalue weighted by molar-refractivity contribution is 0.0758. The van der Waals surface area contributed by atoms with Gasteiger partial charge < -0.3 is 15.4 Å². The van der Waals surface area contributed by atoms with E-state index in [9.17, 15) is 4.79 Å². The number of para-hydroxylation sites is 1. The maximum atomic E-state index is 12.6. The van der Waals surface area contributed by atoms with Crippen LogP contribution >= 0.6 is 0 Å². The lowest BCUT2D eigenvalue weighted by Gasteiger charge is -2.22. The fraction of sp³-hybridized carbons (Fsp3) is 0.400. The number of carbonyl (C=O) groups excluding carboxylic acids is 1. The lowest BCUT2D eigenvalue weighted by atomic mass is 10.1. The van der Waals surface area contributed by atoms with Gasteiger partial charge >= 0.3 is 0 Å². The van der Waals surface area contributed by atoms with Gasteiger partial charge in [0.25, 0.3) is 5.91 Å².